The van der Waals surface area contributed by atoms with Crippen LogP contribution in [0.2, 0.25) is 0 Å². The molecule has 2 atom stereocenters. The van der Waals surface area contributed by atoms with Crippen LogP contribution in [0.3, 0.4) is 0 Å². The Labute approximate surface area is 162 Å². The number of hydrogen-bond acceptors (Lipinski definition) is 4. The molecule has 0 aliphatic carbocycles. The Hall–Kier alpha value is -1.30. The summed E-state index contributed by atoms with van der Waals surface area (Å²) in [5.74, 6) is 0.865. The van der Waals surface area contributed by atoms with Gasteiger partial charge in [-0.25, -0.2) is 0 Å². The molecule has 0 aliphatic heterocycles. The molecule has 140 valence electrons. The van der Waals surface area contributed by atoms with E-state index in [0.29, 0.717) is 13.0 Å². The summed E-state index contributed by atoms with van der Waals surface area (Å²) in [6, 6.07) is 17.8. The molecule has 0 saturated carbocycles. The van der Waals surface area contributed by atoms with Gasteiger partial charge in [0.15, 0.2) is 0 Å². The van der Waals surface area contributed by atoms with Crippen molar-refractivity contribution >= 4 is 24.8 Å². The van der Waals surface area contributed by atoms with Gasteiger partial charge < -0.3 is 20.9 Å². The van der Waals surface area contributed by atoms with E-state index in [4.69, 9.17) is 10.5 Å². The molecule has 0 spiro atoms. The summed E-state index contributed by atoms with van der Waals surface area (Å²) in [5.41, 5.74) is 8.46. The van der Waals surface area contributed by atoms with Crippen molar-refractivity contribution in [3.8, 4) is 5.75 Å². The van der Waals surface area contributed by atoms with Crippen molar-refractivity contribution in [2.75, 3.05) is 20.2 Å². The average Bonchev–Trinajstić information content (AvgIpc) is 2.60. The highest BCUT2D eigenvalue weighted by atomic mass is 35.5. The molecular formula is C19H28Cl2N2O2. The van der Waals surface area contributed by atoms with Crippen LogP contribution in [0, 0.1) is 0 Å². The lowest BCUT2D eigenvalue weighted by Crippen LogP contribution is -2.43. The number of aliphatic hydroxyl groups excluding tert-OH is 1. The highest BCUT2D eigenvalue weighted by Gasteiger charge is 2.14. The van der Waals surface area contributed by atoms with Crippen LogP contribution in [0.1, 0.15) is 11.1 Å². The number of hydrogen-bond donors (Lipinski definition) is 3. The number of methoxy groups -OCH3 is 1. The zero-order chi connectivity index (χ0) is 16.5. The van der Waals surface area contributed by atoms with Crippen molar-refractivity contribution in [3.05, 3.63) is 65.7 Å². The molecule has 0 amide bonds. The summed E-state index contributed by atoms with van der Waals surface area (Å²) in [6.45, 7) is 1.31. The van der Waals surface area contributed by atoms with E-state index in [-0.39, 0.29) is 30.9 Å². The van der Waals surface area contributed by atoms with Crippen molar-refractivity contribution in [2.24, 2.45) is 5.73 Å². The first-order valence-corrected chi connectivity index (χ1v) is 8.00. The molecule has 2 aromatic carbocycles. The third kappa shape index (κ3) is 8.56. The second-order valence-electron chi connectivity index (χ2n) is 5.72. The van der Waals surface area contributed by atoms with Crippen LogP contribution in [0.25, 0.3) is 0 Å². The second kappa shape index (κ2) is 13.0. The zero-order valence-corrected chi connectivity index (χ0v) is 16.1. The van der Waals surface area contributed by atoms with Gasteiger partial charge in [-0.2, -0.15) is 0 Å². The molecule has 2 aromatic rings. The number of ether oxygens (including phenoxy) is 1. The monoisotopic (exact) mass is 386 g/mol. The summed E-state index contributed by atoms with van der Waals surface area (Å²) in [5, 5.41) is 13.4. The molecule has 0 bridgehead atoms. The van der Waals surface area contributed by atoms with Crippen molar-refractivity contribution in [3.63, 3.8) is 0 Å². The van der Waals surface area contributed by atoms with Crippen molar-refractivity contribution in [1.29, 1.82) is 0 Å². The first-order chi connectivity index (χ1) is 11.2. The van der Waals surface area contributed by atoms with Crippen LogP contribution in [-0.4, -0.2) is 37.5 Å². The number of halogens is 2. The Kier molecular flexibility index (Phi) is 12.3. The molecule has 0 saturated heterocycles. The van der Waals surface area contributed by atoms with E-state index in [0.717, 1.165) is 24.3 Å². The summed E-state index contributed by atoms with van der Waals surface area (Å²) in [7, 11) is 1.66. The van der Waals surface area contributed by atoms with Gasteiger partial charge in [0.1, 0.15) is 5.75 Å². The van der Waals surface area contributed by atoms with E-state index < -0.39 is 6.10 Å². The maximum Gasteiger partial charge on any atom is 0.118 e. The van der Waals surface area contributed by atoms with Gasteiger partial charge >= 0.3 is 0 Å². The lowest BCUT2D eigenvalue weighted by atomic mass is 10.0. The van der Waals surface area contributed by atoms with E-state index in [1.807, 2.05) is 42.5 Å². The van der Waals surface area contributed by atoms with E-state index in [1.54, 1.807) is 7.11 Å². The van der Waals surface area contributed by atoms with Crippen molar-refractivity contribution < 1.29 is 9.84 Å². The Bertz CT molecular complexity index is 567. The fourth-order valence-electron chi connectivity index (χ4n) is 2.45. The summed E-state index contributed by atoms with van der Waals surface area (Å²) in [6.07, 6.45) is 1.04. The van der Waals surface area contributed by atoms with Crippen molar-refractivity contribution in [1.82, 2.24) is 5.32 Å². The molecule has 25 heavy (non-hydrogen) atoms. The predicted molar refractivity (Wildman–Crippen MR) is 108 cm³/mol. The van der Waals surface area contributed by atoms with E-state index in [9.17, 15) is 5.11 Å². The number of nitrogens with one attached hydrogen (secondary N) is 1. The first-order valence-electron chi connectivity index (χ1n) is 8.00. The largest absolute Gasteiger partial charge is 0.497 e. The normalized spacial score (nSPS) is 12.4. The quantitative estimate of drug-likeness (QED) is 0.579. The molecule has 4 nitrogen and oxygen atoms in total. The van der Waals surface area contributed by atoms with Crippen LogP contribution in [0.15, 0.2) is 54.6 Å². The predicted octanol–water partition coefficient (Wildman–Crippen LogP) is 2.60. The molecule has 6 heteroatoms. The molecule has 0 fully saturated rings. The molecule has 2 rings (SSSR count). The minimum absolute atomic E-state index is 0. The fraction of sp³-hybridized carbons (Fsp3) is 0.368. The number of benzene rings is 2. The van der Waals surface area contributed by atoms with Crippen LogP contribution in [0.5, 0.6) is 5.75 Å². The van der Waals surface area contributed by atoms with Gasteiger partial charge in [-0.1, -0.05) is 42.5 Å². The van der Waals surface area contributed by atoms with Crippen LogP contribution in [-0.2, 0) is 12.8 Å². The van der Waals surface area contributed by atoms with Gasteiger partial charge in [0.05, 0.1) is 13.2 Å². The minimum Gasteiger partial charge on any atom is -0.497 e. The summed E-state index contributed by atoms with van der Waals surface area (Å²) >= 11 is 0. The third-order valence-electron chi connectivity index (χ3n) is 3.91. The Morgan fingerprint density at radius 3 is 2.24 bits per heavy atom. The molecule has 0 unspecified atom stereocenters. The smallest absolute Gasteiger partial charge is 0.118 e. The number of rotatable bonds is 9. The molecular weight excluding hydrogens is 359 g/mol. The van der Waals surface area contributed by atoms with E-state index in [1.165, 1.54) is 5.56 Å². The molecule has 0 aliphatic rings. The zero-order valence-electron chi connectivity index (χ0n) is 14.4. The number of nitrogens with two attached hydrogens (primary N) is 1. The van der Waals surface area contributed by atoms with Gasteiger partial charge in [0.25, 0.3) is 0 Å². The summed E-state index contributed by atoms with van der Waals surface area (Å²) in [4.78, 5) is 0. The van der Waals surface area contributed by atoms with E-state index >= 15 is 0 Å². The molecule has 0 heterocycles. The Balaban J connectivity index is 0.00000288. The average molecular weight is 387 g/mol. The van der Waals surface area contributed by atoms with E-state index in [2.05, 4.69) is 17.4 Å². The molecule has 0 radical (unpaired) electrons. The second-order valence-corrected chi connectivity index (χ2v) is 5.72. The lowest BCUT2D eigenvalue weighted by Gasteiger charge is -2.19. The fourth-order valence-corrected chi connectivity index (χ4v) is 2.45. The highest BCUT2D eigenvalue weighted by Crippen LogP contribution is 2.11. The maximum atomic E-state index is 10.1. The van der Waals surface area contributed by atoms with Crippen LogP contribution >= 0.6 is 24.8 Å². The third-order valence-corrected chi connectivity index (χ3v) is 3.91. The van der Waals surface area contributed by atoms with Gasteiger partial charge in [0, 0.05) is 12.6 Å². The van der Waals surface area contributed by atoms with Crippen LogP contribution < -0.4 is 15.8 Å². The van der Waals surface area contributed by atoms with Gasteiger partial charge in [-0.05, 0) is 42.6 Å². The number of aliphatic hydroxyl groups is 1. The SMILES string of the molecule is COc1ccc(CCNC[C@@H](O)[C@@H](N)Cc2ccccc2)cc1.Cl.Cl. The van der Waals surface area contributed by atoms with Crippen molar-refractivity contribution in [2.45, 2.75) is 25.0 Å². The maximum absolute atomic E-state index is 10.1. The molecule has 4 N–H and O–H groups in total. The lowest BCUT2D eigenvalue weighted by molar-refractivity contribution is 0.142. The minimum atomic E-state index is -0.550. The van der Waals surface area contributed by atoms with Crippen LogP contribution in [0.4, 0.5) is 0 Å². The topological polar surface area (TPSA) is 67.5 Å². The summed E-state index contributed by atoms with van der Waals surface area (Å²) < 4.78 is 5.14. The highest BCUT2D eigenvalue weighted by molar-refractivity contribution is 5.85. The Morgan fingerprint density at radius 2 is 1.64 bits per heavy atom. The molecule has 0 aromatic heterocycles. The van der Waals surface area contributed by atoms with Gasteiger partial charge in [-0.15, -0.1) is 24.8 Å². The first kappa shape index (κ1) is 23.7. The van der Waals surface area contributed by atoms with Gasteiger partial charge in [0.2, 0.25) is 0 Å². The Morgan fingerprint density at radius 1 is 1.00 bits per heavy atom. The van der Waals surface area contributed by atoms with Gasteiger partial charge in [-0.3, -0.25) is 0 Å². The standard InChI is InChI=1S/C19H26N2O2.2ClH/c1-23-17-9-7-15(8-10-17)11-12-21-14-19(22)18(20)13-16-5-3-2-4-6-16;;/h2-10,18-19,21-22H,11-14,20H2,1H3;2*1H/t18-,19+;;/m0../s1.